The Kier molecular flexibility index (Phi) is 4.66. The highest BCUT2D eigenvalue weighted by Crippen LogP contribution is 2.31. The number of H-pyrrole nitrogens is 1. The van der Waals surface area contributed by atoms with E-state index >= 15 is 0 Å². The maximum atomic E-state index is 13.2. The second kappa shape index (κ2) is 7.41. The topological polar surface area (TPSA) is 53.6 Å². The van der Waals surface area contributed by atoms with Crippen molar-refractivity contribution in [3.05, 3.63) is 90.5 Å². The number of nitrogens with zero attached hydrogens (tertiary/aromatic N) is 2. The maximum absolute atomic E-state index is 13.2. The molecule has 0 spiro atoms. The Hall–Kier alpha value is -3.47. The van der Waals surface area contributed by atoms with E-state index in [4.69, 9.17) is 0 Å². The molecule has 27 heavy (non-hydrogen) atoms. The zero-order valence-electron chi connectivity index (χ0n) is 14.9. The minimum absolute atomic E-state index is 0.134. The number of pyridine rings is 1. The summed E-state index contributed by atoms with van der Waals surface area (Å²) in [7, 11) is 0. The highest BCUT2D eigenvalue weighted by Gasteiger charge is 2.12. The number of anilines is 1. The van der Waals surface area contributed by atoms with Crippen LogP contribution < -0.4 is 5.32 Å². The molecule has 0 amide bonds. The Morgan fingerprint density at radius 2 is 1.74 bits per heavy atom. The molecule has 4 nitrogen and oxygen atoms in total. The molecule has 2 N–H and O–H groups in total. The Bertz CT molecular complexity index is 1030. The standard InChI is InChI=1S/C22H19FN4/c1-15(16-5-3-2-4-6-16)26-21-13-18(11-12-24-21)20-14-25-27-22(20)17-7-9-19(23)10-8-17/h2-15H,1H3,(H,24,26)(H,25,27). The largest absolute Gasteiger partial charge is 0.364 e. The van der Waals surface area contributed by atoms with Crippen LogP contribution in [0.25, 0.3) is 22.4 Å². The number of halogens is 1. The van der Waals surface area contributed by atoms with Crippen LogP contribution in [0.3, 0.4) is 0 Å². The van der Waals surface area contributed by atoms with Gasteiger partial charge in [0.05, 0.1) is 5.69 Å². The van der Waals surface area contributed by atoms with Gasteiger partial charge in [-0.1, -0.05) is 30.3 Å². The summed E-state index contributed by atoms with van der Waals surface area (Å²) in [5.74, 6) is 0.524. The zero-order chi connectivity index (χ0) is 18.6. The first-order chi connectivity index (χ1) is 13.2. The Labute approximate surface area is 157 Å². The Balaban J connectivity index is 1.62. The summed E-state index contributed by atoms with van der Waals surface area (Å²) in [6.07, 6.45) is 3.62. The van der Waals surface area contributed by atoms with Crippen molar-refractivity contribution >= 4 is 5.82 Å². The Morgan fingerprint density at radius 1 is 0.963 bits per heavy atom. The van der Waals surface area contributed by atoms with Gasteiger partial charge in [0, 0.05) is 29.6 Å². The van der Waals surface area contributed by atoms with Crippen LogP contribution in [0.5, 0.6) is 0 Å². The maximum Gasteiger partial charge on any atom is 0.126 e. The Morgan fingerprint density at radius 3 is 2.52 bits per heavy atom. The van der Waals surface area contributed by atoms with E-state index in [1.54, 1.807) is 18.3 Å². The minimum atomic E-state index is -0.263. The molecule has 0 saturated heterocycles. The summed E-state index contributed by atoms with van der Waals surface area (Å²) < 4.78 is 13.2. The number of hydrogen-bond acceptors (Lipinski definition) is 3. The minimum Gasteiger partial charge on any atom is -0.364 e. The van der Waals surface area contributed by atoms with Crippen LogP contribution in [-0.4, -0.2) is 15.2 Å². The van der Waals surface area contributed by atoms with Gasteiger partial charge in [0.2, 0.25) is 0 Å². The molecule has 0 bridgehead atoms. The van der Waals surface area contributed by atoms with Gasteiger partial charge < -0.3 is 5.32 Å². The third kappa shape index (κ3) is 3.72. The lowest BCUT2D eigenvalue weighted by Gasteiger charge is -2.15. The fraction of sp³-hybridized carbons (Fsp3) is 0.0909. The normalized spacial score (nSPS) is 11.9. The van der Waals surface area contributed by atoms with Gasteiger partial charge in [0.15, 0.2) is 0 Å². The molecule has 134 valence electrons. The van der Waals surface area contributed by atoms with E-state index in [0.717, 1.165) is 28.2 Å². The molecule has 2 aromatic heterocycles. The quantitative estimate of drug-likeness (QED) is 0.499. The van der Waals surface area contributed by atoms with E-state index < -0.39 is 0 Å². The van der Waals surface area contributed by atoms with Gasteiger partial charge in [-0.3, -0.25) is 5.10 Å². The second-order valence-corrected chi connectivity index (χ2v) is 6.36. The molecule has 2 heterocycles. The van der Waals surface area contributed by atoms with E-state index in [1.807, 2.05) is 36.5 Å². The average molecular weight is 358 g/mol. The van der Waals surface area contributed by atoms with Gasteiger partial charge in [0.25, 0.3) is 0 Å². The van der Waals surface area contributed by atoms with Crippen molar-refractivity contribution in [2.75, 3.05) is 5.32 Å². The highest BCUT2D eigenvalue weighted by atomic mass is 19.1. The lowest BCUT2D eigenvalue weighted by molar-refractivity contribution is 0.628. The first-order valence-electron chi connectivity index (χ1n) is 8.78. The summed E-state index contributed by atoms with van der Waals surface area (Å²) in [6, 6.07) is 20.6. The molecule has 5 heteroatoms. The zero-order valence-corrected chi connectivity index (χ0v) is 14.9. The van der Waals surface area contributed by atoms with Gasteiger partial charge in [-0.05, 0) is 54.4 Å². The SMILES string of the molecule is CC(Nc1cc(-c2c[nH]nc2-c2ccc(F)cc2)ccn1)c1ccccc1. The fourth-order valence-corrected chi connectivity index (χ4v) is 3.06. The number of hydrogen-bond donors (Lipinski definition) is 2. The lowest BCUT2D eigenvalue weighted by Crippen LogP contribution is -2.07. The monoisotopic (exact) mass is 358 g/mol. The number of aromatic amines is 1. The van der Waals surface area contributed by atoms with Crippen LogP contribution in [-0.2, 0) is 0 Å². The van der Waals surface area contributed by atoms with Gasteiger partial charge in [0.1, 0.15) is 11.6 Å². The molecule has 4 rings (SSSR count). The summed E-state index contributed by atoms with van der Waals surface area (Å²) in [5, 5.41) is 10.7. The predicted molar refractivity (Wildman–Crippen MR) is 106 cm³/mol. The molecule has 2 aromatic carbocycles. The highest BCUT2D eigenvalue weighted by molar-refractivity contribution is 5.81. The molecule has 0 saturated carbocycles. The van der Waals surface area contributed by atoms with E-state index in [1.165, 1.54) is 17.7 Å². The van der Waals surface area contributed by atoms with E-state index in [9.17, 15) is 4.39 Å². The lowest BCUT2D eigenvalue weighted by atomic mass is 10.0. The van der Waals surface area contributed by atoms with Gasteiger partial charge in [-0.25, -0.2) is 9.37 Å². The molecule has 0 aliphatic rings. The van der Waals surface area contributed by atoms with Gasteiger partial charge in [-0.15, -0.1) is 0 Å². The van der Waals surface area contributed by atoms with Crippen LogP contribution >= 0.6 is 0 Å². The molecule has 0 radical (unpaired) electrons. The van der Waals surface area contributed by atoms with Crippen molar-refractivity contribution in [2.45, 2.75) is 13.0 Å². The average Bonchev–Trinajstić information content (AvgIpc) is 3.19. The van der Waals surface area contributed by atoms with Crippen molar-refractivity contribution in [1.82, 2.24) is 15.2 Å². The van der Waals surface area contributed by atoms with Crippen molar-refractivity contribution in [3.8, 4) is 22.4 Å². The van der Waals surface area contributed by atoms with E-state index in [2.05, 4.69) is 39.6 Å². The third-order valence-electron chi connectivity index (χ3n) is 4.49. The fourth-order valence-electron chi connectivity index (χ4n) is 3.06. The van der Waals surface area contributed by atoms with E-state index in [-0.39, 0.29) is 11.9 Å². The third-order valence-corrected chi connectivity index (χ3v) is 4.49. The molecular weight excluding hydrogens is 339 g/mol. The summed E-state index contributed by atoms with van der Waals surface area (Å²) in [6.45, 7) is 2.10. The number of benzene rings is 2. The van der Waals surface area contributed by atoms with Crippen molar-refractivity contribution in [3.63, 3.8) is 0 Å². The molecule has 1 unspecified atom stereocenters. The smallest absolute Gasteiger partial charge is 0.126 e. The second-order valence-electron chi connectivity index (χ2n) is 6.36. The van der Waals surface area contributed by atoms with E-state index in [0.29, 0.717) is 0 Å². The molecule has 0 aliphatic carbocycles. The number of rotatable bonds is 5. The van der Waals surface area contributed by atoms with Crippen LogP contribution in [0.1, 0.15) is 18.5 Å². The van der Waals surface area contributed by atoms with Crippen molar-refractivity contribution in [2.24, 2.45) is 0 Å². The summed E-state index contributed by atoms with van der Waals surface area (Å²) in [5.41, 5.74) is 4.76. The van der Waals surface area contributed by atoms with Crippen LogP contribution in [0.15, 0.2) is 79.1 Å². The predicted octanol–water partition coefficient (Wildman–Crippen LogP) is 5.45. The van der Waals surface area contributed by atoms with Gasteiger partial charge >= 0.3 is 0 Å². The first kappa shape index (κ1) is 17.0. The van der Waals surface area contributed by atoms with Crippen LogP contribution in [0, 0.1) is 5.82 Å². The molecule has 1 atom stereocenters. The van der Waals surface area contributed by atoms with Crippen molar-refractivity contribution in [1.29, 1.82) is 0 Å². The molecule has 4 aromatic rings. The summed E-state index contributed by atoms with van der Waals surface area (Å²) in [4.78, 5) is 4.44. The van der Waals surface area contributed by atoms with Crippen LogP contribution in [0.4, 0.5) is 10.2 Å². The molecule has 0 aliphatic heterocycles. The first-order valence-corrected chi connectivity index (χ1v) is 8.78. The summed E-state index contributed by atoms with van der Waals surface area (Å²) >= 11 is 0. The molecular formula is C22H19FN4. The number of aromatic nitrogens is 3. The van der Waals surface area contributed by atoms with Gasteiger partial charge in [-0.2, -0.15) is 5.10 Å². The number of nitrogens with one attached hydrogen (secondary N) is 2. The van der Waals surface area contributed by atoms with Crippen molar-refractivity contribution < 1.29 is 4.39 Å². The molecule has 0 fully saturated rings. The van der Waals surface area contributed by atoms with Crippen LogP contribution in [0.2, 0.25) is 0 Å².